The summed E-state index contributed by atoms with van der Waals surface area (Å²) >= 11 is 0. The maximum absolute atomic E-state index is 12.3. The summed E-state index contributed by atoms with van der Waals surface area (Å²) in [6.45, 7) is 6.43. The zero-order valence-electron chi connectivity index (χ0n) is 15.1. The summed E-state index contributed by atoms with van der Waals surface area (Å²) in [6, 6.07) is -0.0365. The Hall–Kier alpha value is -2.09. The quantitative estimate of drug-likeness (QED) is 0.840. The predicted octanol–water partition coefficient (Wildman–Crippen LogP) is 0.685. The van der Waals surface area contributed by atoms with Gasteiger partial charge in [-0.25, -0.2) is 9.78 Å². The number of hydrogen-bond donors (Lipinski definition) is 2. The Labute approximate surface area is 147 Å². The van der Waals surface area contributed by atoms with E-state index in [2.05, 4.69) is 29.5 Å². The van der Waals surface area contributed by atoms with Crippen LogP contribution in [0.2, 0.25) is 0 Å². The highest BCUT2D eigenvalue weighted by molar-refractivity contribution is 5.80. The van der Waals surface area contributed by atoms with Crippen LogP contribution in [0.25, 0.3) is 0 Å². The molecule has 1 aromatic rings. The minimum absolute atomic E-state index is 0.0365. The summed E-state index contributed by atoms with van der Waals surface area (Å²) in [5, 5.41) is 5.62. The molecule has 2 aliphatic rings. The fraction of sp³-hybridized carbons (Fsp3) is 0.706. The van der Waals surface area contributed by atoms with Crippen molar-refractivity contribution in [3.63, 3.8) is 0 Å². The van der Waals surface area contributed by atoms with Gasteiger partial charge in [-0.2, -0.15) is 0 Å². The van der Waals surface area contributed by atoms with E-state index < -0.39 is 11.7 Å². The Kier molecular flexibility index (Phi) is 4.99. The second-order valence-corrected chi connectivity index (χ2v) is 7.19. The number of urea groups is 1. The van der Waals surface area contributed by atoms with E-state index in [1.807, 2.05) is 15.7 Å². The molecule has 1 aromatic heterocycles. The van der Waals surface area contributed by atoms with Gasteiger partial charge in [0.25, 0.3) is 5.91 Å². The third-order valence-corrected chi connectivity index (χ3v) is 4.91. The number of ether oxygens (including phenoxy) is 1. The number of likely N-dealkylation sites (tertiary alicyclic amines) is 1. The van der Waals surface area contributed by atoms with Crippen molar-refractivity contribution in [1.29, 1.82) is 0 Å². The number of carbonyl (C=O) groups excluding carboxylic acids is 2. The van der Waals surface area contributed by atoms with Gasteiger partial charge in [0, 0.05) is 51.9 Å². The highest BCUT2D eigenvalue weighted by Crippen LogP contribution is 2.40. The van der Waals surface area contributed by atoms with Crippen LogP contribution in [0.1, 0.15) is 32.5 Å². The molecule has 1 spiro atoms. The number of piperidine rings is 1. The van der Waals surface area contributed by atoms with E-state index in [4.69, 9.17) is 4.74 Å². The number of fused-ring (bicyclic) bond motifs is 2. The number of carbonyl (C=O) groups is 2. The van der Waals surface area contributed by atoms with Crippen LogP contribution in [0, 0.1) is 5.92 Å². The van der Waals surface area contributed by atoms with Crippen molar-refractivity contribution >= 4 is 11.9 Å². The first-order chi connectivity index (χ1) is 11.9. The number of aromatic nitrogens is 2. The monoisotopic (exact) mass is 349 g/mol. The predicted molar refractivity (Wildman–Crippen MR) is 91.9 cm³/mol. The van der Waals surface area contributed by atoms with Crippen molar-refractivity contribution < 1.29 is 14.3 Å². The van der Waals surface area contributed by atoms with E-state index in [1.165, 1.54) is 0 Å². The minimum atomic E-state index is -0.603. The van der Waals surface area contributed by atoms with Crippen LogP contribution in [0.15, 0.2) is 12.4 Å². The molecule has 0 unspecified atom stereocenters. The summed E-state index contributed by atoms with van der Waals surface area (Å²) in [6.07, 6.45) is 4.36. The summed E-state index contributed by atoms with van der Waals surface area (Å²) in [5.41, 5.74) is -0.603. The lowest BCUT2D eigenvalue weighted by molar-refractivity contribution is -0.171. The second-order valence-electron chi connectivity index (χ2n) is 7.19. The number of nitrogens with zero attached hydrogens (tertiary/aromatic N) is 3. The number of nitrogens with one attached hydrogen (secondary N) is 2. The van der Waals surface area contributed by atoms with Gasteiger partial charge in [0.05, 0.1) is 6.54 Å². The van der Waals surface area contributed by atoms with E-state index in [1.54, 1.807) is 13.2 Å². The first-order valence-corrected chi connectivity index (χ1v) is 8.89. The Morgan fingerprint density at radius 3 is 2.76 bits per heavy atom. The second kappa shape index (κ2) is 7.03. The lowest BCUT2D eigenvalue weighted by Crippen LogP contribution is -2.55. The molecule has 0 bridgehead atoms. The minimum Gasteiger partial charge on any atom is -0.357 e. The van der Waals surface area contributed by atoms with E-state index >= 15 is 0 Å². The molecular weight excluding hydrogens is 322 g/mol. The molecule has 8 nitrogen and oxygen atoms in total. The molecule has 3 heterocycles. The first-order valence-electron chi connectivity index (χ1n) is 8.89. The van der Waals surface area contributed by atoms with Gasteiger partial charge < -0.3 is 24.8 Å². The van der Waals surface area contributed by atoms with Crippen molar-refractivity contribution in [2.24, 2.45) is 5.92 Å². The molecule has 2 N–H and O–H groups in total. The Morgan fingerprint density at radius 2 is 2.12 bits per heavy atom. The average molecular weight is 349 g/mol. The fourth-order valence-electron chi connectivity index (χ4n) is 3.51. The molecule has 3 rings (SSSR count). The normalized spacial score (nSPS) is 21.9. The molecule has 0 aromatic carbocycles. The van der Waals surface area contributed by atoms with Crippen LogP contribution in [-0.2, 0) is 21.7 Å². The SMILES string of the molecule is CNC(=O)[C@H]1Cn2ccnc2C2(CCN(C(=O)NCC(C)C)CC2)O1. The summed E-state index contributed by atoms with van der Waals surface area (Å²) in [7, 11) is 1.61. The van der Waals surface area contributed by atoms with Crippen molar-refractivity contribution in [3.8, 4) is 0 Å². The Balaban J connectivity index is 1.71. The highest BCUT2D eigenvalue weighted by Gasteiger charge is 2.47. The van der Waals surface area contributed by atoms with Gasteiger partial charge in [-0.1, -0.05) is 13.8 Å². The van der Waals surface area contributed by atoms with Crippen molar-refractivity contribution in [3.05, 3.63) is 18.2 Å². The maximum atomic E-state index is 12.3. The zero-order chi connectivity index (χ0) is 18.0. The van der Waals surface area contributed by atoms with E-state index in [0.29, 0.717) is 44.9 Å². The lowest BCUT2D eigenvalue weighted by atomic mass is 9.88. The van der Waals surface area contributed by atoms with E-state index in [9.17, 15) is 9.59 Å². The van der Waals surface area contributed by atoms with Crippen LogP contribution >= 0.6 is 0 Å². The highest BCUT2D eigenvalue weighted by atomic mass is 16.5. The summed E-state index contributed by atoms with van der Waals surface area (Å²) in [4.78, 5) is 30.7. The van der Waals surface area contributed by atoms with E-state index in [0.717, 1.165) is 5.82 Å². The first kappa shape index (κ1) is 17.7. The maximum Gasteiger partial charge on any atom is 0.317 e. The van der Waals surface area contributed by atoms with Crippen LogP contribution in [-0.4, -0.2) is 59.2 Å². The molecule has 0 radical (unpaired) electrons. The van der Waals surface area contributed by atoms with Crippen LogP contribution in [0.3, 0.4) is 0 Å². The van der Waals surface area contributed by atoms with Gasteiger partial charge in [0.1, 0.15) is 11.4 Å². The fourth-order valence-corrected chi connectivity index (χ4v) is 3.51. The topological polar surface area (TPSA) is 88.5 Å². The third-order valence-electron chi connectivity index (χ3n) is 4.91. The van der Waals surface area contributed by atoms with Crippen molar-refractivity contribution in [1.82, 2.24) is 25.1 Å². The van der Waals surface area contributed by atoms with Gasteiger partial charge in [-0.05, 0) is 5.92 Å². The molecular formula is C17H27N5O3. The van der Waals surface area contributed by atoms with Gasteiger partial charge in [0.15, 0.2) is 6.10 Å². The van der Waals surface area contributed by atoms with Crippen molar-refractivity contribution in [2.75, 3.05) is 26.7 Å². The number of amides is 3. The molecule has 25 heavy (non-hydrogen) atoms. The number of rotatable bonds is 3. The molecule has 0 aliphatic carbocycles. The molecule has 2 aliphatic heterocycles. The molecule has 1 saturated heterocycles. The standard InChI is InChI=1S/C17H27N5O3/c1-12(2)10-20-16(24)21-7-4-17(5-8-21)15-19-6-9-22(15)11-13(25-17)14(23)18-3/h6,9,12-13H,4-5,7-8,10-11H2,1-3H3,(H,18,23)(H,20,24)/t13-/m1/s1. The van der Waals surface area contributed by atoms with Crippen LogP contribution < -0.4 is 10.6 Å². The molecule has 3 amide bonds. The van der Waals surface area contributed by atoms with Crippen molar-refractivity contribution in [2.45, 2.75) is 44.9 Å². The molecule has 0 saturated carbocycles. The number of hydrogen-bond acceptors (Lipinski definition) is 4. The number of imidazole rings is 1. The van der Waals surface area contributed by atoms with Gasteiger partial charge in [0.2, 0.25) is 0 Å². The largest absolute Gasteiger partial charge is 0.357 e. The molecule has 1 fully saturated rings. The molecule has 138 valence electrons. The van der Waals surface area contributed by atoms with Crippen LogP contribution in [0.5, 0.6) is 0 Å². The Morgan fingerprint density at radius 1 is 1.40 bits per heavy atom. The lowest BCUT2D eigenvalue weighted by Gasteiger charge is -2.45. The van der Waals surface area contributed by atoms with E-state index in [-0.39, 0.29) is 11.9 Å². The number of likely N-dealkylation sites (N-methyl/N-ethyl adjacent to an activating group) is 1. The van der Waals surface area contributed by atoms with Gasteiger partial charge in [-0.3, -0.25) is 4.79 Å². The molecule has 8 heteroatoms. The van der Waals surface area contributed by atoms with Gasteiger partial charge >= 0.3 is 6.03 Å². The molecule has 1 atom stereocenters. The Bertz CT molecular complexity index is 634. The summed E-state index contributed by atoms with van der Waals surface area (Å²) in [5.74, 6) is 1.15. The van der Waals surface area contributed by atoms with Gasteiger partial charge in [-0.15, -0.1) is 0 Å². The smallest absolute Gasteiger partial charge is 0.317 e. The summed E-state index contributed by atoms with van der Waals surface area (Å²) < 4.78 is 8.22. The average Bonchev–Trinajstić information content (AvgIpc) is 3.09. The third kappa shape index (κ3) is 3.49. The van der Waals surface area contributed by atoms with Crippen LogP contribution in [0.4, 0.5) is 4.79 Å². The zero-order valence-corrected chi connectivity index (χ0v) is 15.1.